The van der Waals surface area contributed by atoms with Crippen LogP contribution in [0.4, 0.5) is 5.95 Å². The van der Waals surface area contributed by atoms with E-state index in [1.54, 1.807) is 4.90 Å². The lowest BCUT2D eigenvalue weighted by Gasteiger charge is -2.11. The third kappa shape index (κ3) is 3.54. The molecule has 2 rings (SSSR count). The Hall–Kier alpha value is -1.40. The monoisotopic (exact) mass is 342 g/mol. The zero-order valence-electron chi connectivity index (χ0n) is 10.7. The predicted molar refractivity (Wildman–Crippen MR) is 78.1 cm³/mol. The first-order valence-electron chi connectivity index (χ1n) is 5.48. The summed E-state index contributed by atoms with van der Waals surface area (Å²) in [4.78, 5) is 13.8. The van der Waals surface area contributed by atoms with Crippen LogP contribution in [0.15, 0.2) is 22.7 Å². The third-order valence-electron chi connectivity index (χ3n) is 2.31. The van der Waals surface area contributed by atoms with Crippen molar-refractivity contribution in [2.24, 2.45) is 0 Å². The van der Waals surface area contributed by atoms with Crippen molar-refractivity contribution in [1.29, 1.82) is 0 Å². The lowest BCUT2D eigenvalue weighted by molar-refractivity contribution is 0.439. The van der Waals surface area contributed by atoms with Gasteiger partial charge in [0.15, 0.2) is 0 Å². The fourth-order valence-corrected chi connectivity index (χ4v) is 1.75. The van der Waals surface area contributed by atoms with Crippen molar-refractivity contribution in [2.45, 2.75) is 6.92 Å². The molecule has 1 aromatic carbocycles. The molecule has 0 fully saturated rings. The summed E-state index contributed by atoms with van der Waals surface area (Å²) in [7, 11) is 3.64. The average molecular weight is 344 g/mol. The Morgan fingerprint density at radius 3 is 2.58 bits per heavy atom. The highest BCUT2D eigenvalue weighted by atomic mass is 79.9. The number of hydrogen-bond acceptors (Lipinski definition) is 5. The number of aromatic nitrogens is 3. The standard InChI is InChI=1S/C12H12BrClN4O/c1-7-6-8(4-5-9(7)13)19-12-16-10(14)15-11(17-12)18(2)3/h4-6H,1-3H3. The molecule has 0 bridgehead atoms. The molecule has 7 heteroatoms. The summed E-state index contributed by atoms with van der Waals surface area (Å²) < 4.78 is 6.61. The van der Waals surface area contributed by atoms with Gasteiger partial charge in [-0.1, -0.05) is 15.9 Å². The fourth-order valence-electron chi connectivity index (χ4n) is 1.35. The highest BCUT2D eigenvalue weighted by Crippen LogP contribution is 2.25. The summed E-state index contributed by atoms with van der Waals surface area (Å²) in [5, 5.41) is 0.0996. The van der Waals surface area contributed by atoms with Crippen LogP contribution in [0, 0.1) is 6.92 Å². The molecule has 1 aromatic heterocycles. The Balaban J connectivity index is 2.29. The average Bonchev–Trinajstić information content (AvgIpc) is 2.33. The van der Waals surface area contributed by atoms with Gasteiger partial charge < -0.3 is 9.64 Å². The Labute approximate surface area is 124 Å². The minimum Gasteiger partial charge on any atom is -0.424 e. The molecule has 0 aliphatic heterocycles. The zero-order chi connectivity index (χ0) is 14.0. The van der Waals surface area contributed by atoms with Crippen LogP contribution in [-0.4, -0.2) is 29.0 Å². The quantitative estimate of drug-likeness (QED) is 0.854. The molecular formula is C12H12BrClN4O. The van der Waals surface area contributed by atoms with Crippen LogP contribution in [0.5, 0.6) is 11.8 Å². The summed E-state index contributed by atoms with van der Waals surface area (Å²) in [6, 6.07) is 5.78. The number of aryl methyl sites for hydroxylation is 1. The van der Waals surface area contributed by atoms with Gasteiger partial charge >= 0.3 is 6.01 Å². The van der Waals surface area contributed by atoms with E-state index in [9.17, 15) is 0 Å². The molecule has 100 valence electrons. The van der Waals surface area contributed by atoms with Gasteiger partial charge in [-0.2, -0.15) is 15.0 Å². The van der Waals surface area contributed by atoms with Crippen molar-refractivity contribution in [3.63, 3.8) is 0 Å². The molecule has 0 unspecified atom stereocenters. The summed E-state index contributed by atoms with van der Waals surface area (Å²) in [5.74, 6) is 1.09. The highest BCUT2D eigenvalue weighted by Gasteiger charge is 2.09. The number of hydrogen-bond donors (Lipinski definition) is 0. The van der Waals surface area contributed by atoms with E-state index in [1.165, 1.54) is 0 Å². The summed E-state index contributed by atoms with van der Waals surface area (Å²) in [6.07, 6.45) is 0. The molecular weight excluding hydrogens is 332 g/mol. The van der Waals surface area contributed by atoms with Crippen molar-refractivity contribution < 1.29 is 4.74 Å². The summed E-state index contributed by atoms with van der Waals surface area (Å²) in [6.45, 7) is 1.97. The number of benzene rings is 1. The van der Waals surface area contributed by atoms with Crippen LogP contribution in [0.2, 0.25) is 5.28 Å². The van der Waals surface area contributed by atoms with E-state index in [2.05, 4.69) is 30.9 Å². The first-order valence-corrected chi connectivity index (χ1v) is 6.65. The van der Waals surface area contributed by atoms with E-state index in [0.29, 0.717) is 11.7 Å². The number of ether oxygens (including phenoxy) is 1. The molecule has 0 aliphatic rings. The smallest absolute Gasteiger partial charge is 0.328 e. The van der Waals surface area contributed by atoms with Crippen LogP contribution < -0.4 is 9.64 Å². The molecule has 0 N–H and O–H groups in total. The van der Waals surface area contributed by atoms with Crippen LogP contribution in [0.3, 0.4) is 0 Å². The lowest BCUT2D eigenvalue weighted by atomic mass is 10.2. The van der Waals surface area contributed by atoms with Crippen LogP contribution >= 0.6 is 27.5 Å². The molecule has 0 aliphatic carbocycles. The minimum atomic E-state index is 0.0996. The third-order valence-corrected chi connectivity index (χ3v) is 3.37. The molecule has 5 nitrogen and oxygen atoms in total. The lowest BCUT2D eigenvalue weighted by Crippen LogP contribution is -2.13. The van der Waals surface area contributed by atoms with Gasteiger partial charge in [0, 0.05) is 18.6 Å². The van der Waals surface area contributed by atoms with Gasteiger partial charge in [0.05, 0.1) is 0 Å². The van der Waals surface area contributed by atoms with Crippen molar-refractivity contribution in [3.8, 4) is 11.8 Å². The van der Waals surface area contributed by atoms with E-state index in [-0.39, 0.29) is 11.3 Å². The topological polar surface area (TPSA) is 51.1 Å². The Kier molecular flexibility index (Phi) is 4.21. The maximum absolute atomic E-state index is 5.84. The first kappa shape index (κ1) is 14.0. The maximum Gasteiger partial charge on any atom is 0.328 e. The van der Waals surface area contributed by atoms with E-state index < -0.39 is 0 Å². The molecule has 0 radical (unpaired) electrons. The molecule has 0 saturated heterocycles. The number of rotatable bonds is 3. The second-order valence-corrected chi connectivity index (χ2v) is 5.29. The Morgan fingerprint density at radius 2 is 1.95 bits per heavy atom. The van der Waals surface area contributed by atoms with Crippen LogP contribution in [0.1, 0.15) is 5.56 Å². The largest absolute Gasteiger partial charge is 0.424 e. The van der Waals surface area contributed by atoms with Gasteiger partial charge in [0.25, 0.3) is 0 Å². The van der Waals surface area contributed by atoms with Crippen LogP contribution in [-0.2, 0) is 0 Å². The van der Waals surface area contributed by atoms with E-state index >= 15 is 0 Å². The van der Waals surface area contributed by atoms with Crippen molar-refractivity contribution in [3.05, 3.63) is 33.5 Å². The van der Waals surface area contributed by atoms with Gasteiger partial charge in [0.1, 0.15) is 5.75 Å². The molecule has 0 spiro atoms. The second kappa shape index (κ2) is 5.71. The van der Waals surface area contributed by atoms with E-state index in [4.69, 9.17) is 16.3 Å². The number of halogens is 2. The van der Waals surface area contributed by atoms with Crippen LogP contribution in [0.25, 0.3) is 0 Å². The van der Waals surface area contributed by atoms with E-state index in [1.807, 2.05) is 39.2 Å². The maximum atomic E-state index is 5.84. The molecule has 19 heavy (non-hydrogen) atoms. The number of anilines is 1. The normalized spacial score (nSPS) is 10.4. The zero-order valence-corrected chi connectivity index (χ0v) is 13.0. The van der Waals surface area contributed by atoms with Gasteiger partial charge in [-0.15, -0.1) is 0 Å². The molecule has 0 atom stereocenters. The molecule has 0 amide bonds. The predicted octanol–water partition coefficient (Wildman–Crippen LogP) is 3.45. The minimum absolute atomic E-state index is 0.0996. The molecule has 1 heterocycles. The highest BCUT2D eigenvalue weighted by molar-refractivity contribution is 9.10. The SMILES string of the molecule is Cc1cc(Oc2nc(Cl)nc(N(C)C)n2)ccc1Br. The summed E-state index contributed by atoms with van der Waals surface area (Å²) in [5.41, 5.74) is 1.06. The number of nitrogens with zero attached hydrogens (tertiary/aromatic N) is 4. The van der Waals surface area contributed by atoms with Crippen molar-refractivity contribution >= 4 is 33.5 Å². The van der Waals surface area contributed by atoms with Gasteiger partial charge in [-0.3, -0.25) is 0 Å². The van der Waals surface area contributed by atoms with Gasteiger partial charge in [0.2, 0.25) is 11.2 Å². The first-order chi connectivity index (χ1) is 8.95. The van der Waals surface area contributed by atoms with Gasteiger partial charge in [-0.05, 0) is 42.3 Å². The summed E-state index contributed by atoms with van der Waals surface area (Å²) >= 11 is 9.27. The second-order valence-electron chi connectivity index (χ2n) is 4.09. The van der Waals surface area contributed by atoms with Crippen molar-refractivity contribution in [2.75, 3.05) is 19.0 Å². The van der Waals surface area contributed by atoms with Crippen molar-refractivity contribution in [1.82, 2.24) is 15.0 Å². The van der Waals surface area contributed by atoms with E-state index in [0.717, 1.165) is 10.0 Å². The molecule has 2 aromatic rings. The fraction of sp³-hybridized carbons (Fsp3) is 0.250. The van der Waals surface area contributed by atoms with Gasteiger partial charge in [-0.25, -0.2) is 0 Å². The Morgan fingerprint density at radius 1 is 1.21 bits per heavy atom. The molecule has 0 saturated carbocycles. The Bertz CT molecular complexity index is 606.